The minimum Gasteiger partial charge on any atom is -0.384 e. The molecule has 2 atom stereocenters. The van der Waals surface area contributed by atoms with Crippen molar-refractivity contribution >= 4 is 15.7 Å². The van der Waals surface area contributed by atoms with Crippen molar-refractivity contribution in [1.82, 2.24) is 4.72 Å². The quantitative estimate of drug-likeness (QED) is 0.896. The topological polar surface area (TPSA) is 58.2 Å². The highest BCUT2D eigenvalue weighted by atomic mass is 32.2. The third-order valence-electron chi connectivity index (χ3n) is 4.68. The molecule has 0 spiro atoms. The Bertz CT molecular complexity index is 598. The summed E-state index contributed by atoms with van der Waals surface area (Å²) in [4.78, 5) is 0.372. The zero-order valence-electron chi connectivity index (χ0n) is 11.9. The van der Waals surface area contributed by atoms with Crippen LogP contribution in [0.25, 0.3) is 0 Å². The lowest BCUT2D eigenvalue weighted by atomic mass is 9.99. The second kappa shape index (κ2) is 5.37. The Kier molecular flexibility index (Phi) is 3.73. The molecule has 1 fully saturated rings. The smallest absolute Gasteiger partial charge is 0.240 e. The number of anilines is 1. The lowest BCUT2D eigenvalue weighted by Gasteiger charge is -2.16. The summed E-state index contributed by atoms with van der Waals surface area (Å²) >= 11 is 0. The van der Waals surface area contributed by atoms with Crippen molar-refractivity contribution in [3.05, 3.63) is 23.8 Å². The van der Waals surface area contributed by atoms with Crippen LogP contribution in [0.2, 0.25) is 0 Å². The summed E-state index contributed by atoms with van der Waals surface area (Å²) < 4.78 is 27.5. The number of nitrogens with one attached hydrogen (secondary N) is 2. The second-order valence-electron chi connectivity index (χ2n) is 6.02. The van der Waals surface area contributed by atoms with E-state index in [2.05, 4.69) is 17.0 Å². The third kappa shape index (κ3) is 2.69. The van der Waals surface area contributed by atoms with E-state index in [1.54, 1.807) is 12.1 Å². The predicted molar refractivity (Wildman–Crippen MR) is 80.3 cm³/mol. The summed E-state index contributed by atoms with van der Waals surface area (Å²) in [5, 5.41) is 3.22. The summed E-state index contributed by atoms with van der Waals surface area (Å²) in [6, 6.07) is 5.39. The fraction of sp³-hybridized carbons (Fsp3) is 0.600. The van der Waals surface area contributed by atoms with Gasteiger partial charge in [0.05, 0.1) is 4.90 Å². The molecule has 1 aliphatic heterocycles. The Morgan fingerprint density at radius 1 is 1.35 bits per heavy atom. The van der Waals surface area contributed by atoms with Crippen LogP contribution in [0.15, 0.2) is 23.1 Å². The SMILES string of the molecule is CC1CCCC1CNS(=O)(=O)c1ccc2c(c1)NCC2. The van der Waals surface area contributed by atoms with E-state index in [9.17, 15) is 8.42 Å². The van der Waals surface area contributed by atoms with Gasteiger partial charge in [-0.15, -0.1) is 0 Å². The maximum Gasteiger partial charge on any atom is 0.240 e. The molecule has 0 amide bonds. The Morgan fingerprint density at radius 2 is 2.20 bits per heavy atom. The van der Waals surface area contributed by atoms with Gasteiger partial charge < -0.3 is 5.32 Å². The second-order valence-corrected chi connectivity index (χ2v) is 7.78. The Balaban J connectivity index is 1.71. The predicted octanol–water partition coefficient (Wildman–Crippen LogP) is 2.37. The van der Waals surface area contributed by atoms with Crippen LogP contribution in [-0.4, -0.2) is 21.5 Å². The maximum absolute atomic E-state index is 12.4. The van der Waals surface area contributed by atoms with E-state index < -0.39 is 10.0 Å². The minimum absolute atomic E-state index is 0.372. The molecule has 2 unspecified atom stereocenters. The van der Waals surface area contributed by atoms with Crippen molar-refractivity contribution in [2.45, 2.75) is 37.5 Å². The van der Waals surface area contributed by atoms with E-state index in [1.165, 1.54) is 18.4 Å². The van der Waals surface area contributed by atoms with Gasteiger partial charge in [-0.25, -0.2) is 13.1 Å². The first kappa shape index (κ1) is 13.9. The highest BCUT2D eigenvalue weighted by molar-refractivity contribution is 7.89. The molecule has 1 aromatic carbocycles. The molecule has 5 heteroatoms. The van der Waals surface area contributed by atoms with E-state index in [1.807, 2.05) is 6.07 Å². The third-order valence-corrected chi connectivity index (χ3v) is 6.10. The Labute approximate surface area is 121 Å². The summed E-state index contributed by atoms with van der Waals surface area (Å²) in [6.45, 7) is 3.67. The molecule has 2 N–H and O–H groups in total. The average molecular weight is 294 g/mol. The van der Waals surface area contributed by atoms with Crippen LogP contribution in [0.1, 0.15) is 31.7 Å². The molecule has 1 heterocycles. The first-order chi connectivity index (χ1) is 9.56. The zero-order valence-corrected chi connectivity index (χ0v) is 12.7. The van der Waals surface area contributed by atoms with Crippen LogP contribution in [-0.2, 0) is 16.4 Å². The van der Waals surface area contributed by atoms with Gasteiger partial charge in [0.15, 0.2) is 0 Å². The molecular weight excluding hydrogens is 272 g/mol. The van der Waals surface area contributed by atoms with Gasteiger partial charge in [0.25, 0.3) is 0 Å². The molecule has 0 saturated heterocycles. The van der Waals surface area contributed by atoms with Crippen molar-refractivity contribution in [1.29, 1.82) is 0 Å². The Hall–Kier alpha value is -1.07. The molecule has 1 aromatic rings. The van der Waals surface area contributed by atoms with Gasteiger partial charge in [-0.3, -0.25) is 0 Å². The van der Waals surface area contributed by atoms with Crippen LogP contribution in [0, 0.1) is 11.8 Å². The molecule has 3 rings (SSSR count). The van der Waals surface area contributed by atoms with Crippen molar-refractivity contribution in [3.63, 3.8) is 0 Å². The largest absolute Gasteiger partial charge is 0.384 e. The van der Waals surface area contributed by atoms with Crippen LogP contribution in [0.4, 0.5) is 5.69 Å². The van der Waals surface area contributed by atoms with Crippen LogP contribution < -0.4 is 10.0 Å². The normalized spacial score (nSPS) is 25.4. The lowest BCUT2D eigenvalue weighted by Crippen LogP contribution is -2.30. The minimum atomic E-state index is -3.38. The zero-order chi connectivity index (χ0) is 14.2. The van der Waals surface area contributed by atoms with E-state index in [-0.39, 0.29) is 0 Å². The maximum atomic E-state index is 12.4. The molecule has 1 saturated carbocycles. The molecular formula is C15H22N2O2S. The van der Waals surface area contributed by atoms with Gasteiger partial charge in [0.1, 0.15) is 0 Å². The summed E-state index contributed by atoms with van der Waals surface area (Å²) in [5.74, 6) is 1.11. The van der Waals surface area contributed by atoms with E-state index in [0.29, 0.717) is 23.3 Å². The van der Waals surface area contributed by atoms with E-state index in [0.717, 1.165) is 25.1 Å². The lowest BCUT2D eigenvalue weighted by molar-refractivity contribution is 0.414. The van der Waals surface area contributed by atoms with Crippen molar-refractivity contribution in [3.8, 4) is 0 Å². The monoisotopic (exact) mass is 294 g/mol. The van der Waals surface area contributed by atoms with Gasteiger partial charge >= 0.3 is 0 Å². The van der Waals surface area contributed by atoms with Crippen LogP contribution in [0.3, 0.4) is 0 Å². The standard InChI is InChI=1S/C15H22N2O2S/c1-11-3-2-4-13(11)10-17-20(18,19)14-6-5-12-7-8-16-15(12)9-14/h5-6,9,11,13,16-17H,2-4,7-8,10H2,1H3. The number of hydrogen-bond donors (Lipinski definition) is 2. The molecule has 20 heavy (non-hydrogen) atoms. The number of rotatable bonds is 4. The van der Waals surface area contributed by atoms with Gasteiger partial charge in [-0.05, 0) is 42.4 Å². The van der Waals surface area contributed by atoms with Crippen molar-refractivity contribution in [2.75, 3.05) is 18.4 Å². The number of benzene rings is 1. The summed E-state index contributed by atoms with van der Waals surface area (Å²) in [7, 11) is -3.38. The van der Waals surface area contributed by atoms with E-state index in [4.69, 9.17) is 0 Å². The first-order valence-corrected chi connectivity index (χ1v) is 8.91. The fourth-order valence-electron chi connectivity index (χ4n) is 3.26. The van der Waals surface area contributed by atoms with Crippen molar-refractivity contribution < 1.29 is 8.42 Å². The molecule has 4 nitrogen and oxygen atoms in total. The molecule has 1 aliphatic carbocycles. The molecule has 0 bridgehead atoms. The number of sulfonamides is 1. The fourth-order valence-corrected chi connectivity index (χ4v) is 4.38. The molecule has 0 radical (unpaired) electrons. The number of hydrogen-bond acceptors (Lipinski definition) is 3. The molecule has 110 valence electrons. The van der Waals surface area contributed by atoms with Crippen LogP contribution >= 0.6 is 0 Å². The Morgan fingerprint density at radius 3 is 2.95 bits per heavy atom. The summed E-state index contributed by atoms with van der Waals surface area (Å²) in [5.41, 5.74) is 2.16. The van der Waals surface area contributed by atoms with E-state index >= 15 is 0 Å². The highest BCUT2D eigenvalue weighted by Gasteiger charge is 2.25. The molecule has 2 aliphatic rings. The first-order valence-electron chi connectivity index (χ1n) is 7.43. The highest BCUT2D eigenvalue weighted by Crippen LogP contribution is 2.31. The average Bonchev–Trinajstić information content (AvgIpc) is 3.04. The molecule has 0 aromatic heterocycles. The van der Waals surface area contributed by atoms with Crippen LogP contribution in [0.5, 0.6) is 0 Å². The van der Waals surface area contributed by atoms with Gasteiger partial charge in [-0.1, -0.05) is 25.8 Å². The summed E-state index contributed by atoms with van der Waals surface area (Å²) in [6.07, 6.45) is 4.55. The van der Waals surface area contributed by atoms with Gasteiger partial charge in [-0.2, -0.15) is 0 Å². The van der Waals surface area contributed by atoms with Gasteiger partial charge in [0, 0.05) is 18.8 Å². The van der Waals surface area contributed by atoms with Gasteiger partial charge in [0.2, 0.25) is 10.0 Å². The van der Waals surface area contributed by atoms with Crippen molar-refractivity contribution in [2.24, 2.45) is 11.8 Å². The number of fused-ring (bicyclic) bond motifs is 1.